The van der Waals surface area contributed by atoms with Gasteiger partial charge in [0.25, 0.3) is 0 Å². The molecule has 4 aromatic rings. The molecule has 0 radical (unpaired) electrons. The molecular formula is C54H78N2Si2Ti2+6. The third-order valence-corrected chi connectivity index (χ3v) is 16.5. The predicted molar refractivity (Wildman–Crippen MR) is 268 cm³/mol. The largest absolute Gasteiger partial charge is 4.00 e. The van der Waals surface area contributed by atoms with Gasteiger partial charge in [-0.15, -0.1) is 11.1 Å². The van der Waals surface area contributed by atoms with Gasteiger partial charge in [-0.1, -0.05) is 219 Å². The van der Waals surface area contributed by atoms with Gasteiger partial charge in [-0.3, -0.25) is 0 Å². The number of hydrogen-bond donors (Lipinski definition) is 0. The standard InChI is InChI=1S/C18H22N.2C13H18Si.C6H14N.C4H6.2Ti/c1-18(2,19)17(13-15-9-5-3-6-10-15)14-16-11-7-4-8-12-16;2*1-9-10(2)13(14(3)4)12-8-6-5-7-11(9)12;1-5(2)6(3,4)7;1-3-4-2;;/h3-12,17,19H,13-14H2,1-2H3;2*5-8,13-14H,1-4H3;5,7H,1-4H3;3-4H,1-2H2;;/q-1;;;-1;;2*+4. The Morgan fingerprint density at radius 1 is 0.533 bits per heavy atom. The molecule has 0 spiro atoms. The smallest absolute Gasteiger partial charge is 0.672 e. The van der Waals surface area contributed by atoms with Crippen molar-refractivity contribution in [2.24, 2.45) is 11.8 Å². The molecule has 0 bridgehead atoms. The van der Waals surface area contributed by atoms with Crippen LogP contribution in [-0.2, 0) is 56.3 Å². The summed E-state index contributed by atoms with van der Waals surface area (Å²) in [6.07, 6.45) is 5.21. The van der Waals surface area contributed by atoms with E-state index < -0.39 is 23.1 Å². The van der Waals surface area contributed by atoms with Crippen LogP contribution in [0.1, 0.15) is 114 Å². The molecule has 314 valence electrons. The predicted octanol–water partition coefficient (Wildman–Crippen LogP) is 16.0. The summed E-state index contributed by atoms with van der Waals surface area (Å²) in [5.74, 6) is 0.796. The maximum Gasteiger partial charge on any atom is 4.00 e. The monoisotopic (exact) mass is 906 g/mol. The van der Waals surface area contributed by atoms with Crippen LogP contribution in [-0.4, -0.2) is 28.7 Å². The Bertz CT molecular complexity index is 1790. The number of allylic oxidation sites excluding steroid dienone is 6. The number of hydrogen-bond acceptors (Lipinski definition) is 0. The van der Waals surface area contributed by atoms with Gasteiger partial charge >= 0.3 is 43.4 Å². The maximum atomic E-state index is 8.39. The summed E-state index contributed by atoms with van der Waals surface area (Å²) in [5.41, 5.74) is 31.8. The van der Waals surface area contributed by atoms with E-state index in [0.717, 1.165) is 23.9 Å². The molecule has 0 saturated carbocycles. The second-order valence-corrected chi connectivity index (χ2v) is 24.7. The molecule has 2 atom stereocenters. The third-order valence-electron chi connectivity index (χ3n) is 12.1. The summed E-state index contributed by atoms with van der Waals surface area (Å²) in [5, 5.41) is 0. The Balaban J connectivity index is 0.000000771. The van der Waals surface area contributed by atoms with Gasteiger partial charge in [0, 0.05) is 17.6 Å². The molecule has 4 aromatic carbocycles. The Hall–Kier alpha value is -2.38. The number of fused-ring (bicyclic) bond motifs is 2. The van der Waals surface area contributed by atoms with Crippen molar-refractivity contribution >= 4 is 28.7 Å². The average molecular weight is 907 g/mol. The van der Waals surface area contributed by atoms with Crippen LogP contribution in [0, 0.1) is 11.8 Å². The van der Waals surface area contributed by atoms with Gasteiger partial charge in [-0.25, -0.2) is 0 Å². The van der Waals surface area contributed by atoms with Crippen LogP contribution in [0.2, 0.25) is 26.2 Å². The van der Waals surface area contributed by atoms with Gasteiger partial charge in [0.05, 0.1) is 0 Å². The first-order valence-electron chi connectivity index (χ1n) is 21.5. The zero-order valence-corrected chi connectivity index (χ0v) is 45.3. The SMILES string of the molecule is C=CC=C.CC(C)([NH-])C(Cc1ccccc1)Cc1ccccc1.CC(C)C(C)(C)[NH-].CC1=C(C)C([SiH](C)C)c2ccccc21.CC1=C(C)C([SiH](C)C)c2ccccc21.[Ti+4].[Ti+4]. The van der Waals surface area contributed by atoms with Crippen LogP contribution < -0.4 is 0 Å². The first-order valence-corrected chi connectivity index (χ1v) is 27.5. The molecule has 2 nitrogen and oxygen atoms in total. The van der Waals surface area contributed by atoms with Crippen LogP contribution in [0.4, 0.5) is 0 Å². The van der Waals surface area contributed by atoms with E-state index in [4.69, 9.17) is 11.5 Å². The fraction of sp³-hybridized carbons (Fsp3) is 0.407. The summed E-state index contributed by atoms with van der Waals surface area (Å²) < 4.78 is 0. The van der Waals surface area contributed by atoms with Crippen LogP contribution in [0.3, 0.4) is 0 Å². The normalized spacial score (nSPS) is 15.1. The van der Waals surface area contributed by atoms with E-state index in [0.29, 0.717) is 11.8 Å². The summed E-state index contributed by atoms with van der Waals surface area (Å²) >= 11 is 0. The number of rotatable bonds is 9. The molecule has 0 amide bonds. The van der Waals surface area contributed by atoms with E-state index in [1.165, 1.54) is 33.4 Å². The molecule has 0 aliphatic heterocycles. The summed E-state index contributed by atoms with van der Waals surface area (Å²) in [4.78, 5) is 0. The molecule has 0 fully saturated rings. The molecule has 6 heteroatoms. The molecule has 2 unspecified atom stereocenters. The molecular weight excluding hydrogens is 829 g/mol. The van der Waals surface area contributed by atoms with Gasteiger partial charge in [-0.2, -0.15) is 0 Å². The Labute approximate surface area is 401 Å². The first-order chi connectivity index (χ1) is 27.2. The quantitative estimate of drug-likeness (QED) is 0.119. The van der Waals surface area contributed by atoms with Gasteiger partial charge < -0.3 is 11.5 Å². The summed E-state index contributed by atoms with van der Waals surface area (Å²) in [6, 6.07) is 38.8. The third kappa shape index (κ3) is 17.8. The molecule has 0 heterocycles. The first kappa shape index (κ1) is 57.6. The van der Waals surface area contributed by atoms with Gasteiger partial charge in [0.15, 0.2) is 0 Å². The zero-order chi connectivity index (χ0) is 43.8. The molecule has 60 heavy (non-hydrogen) atoms. The van der Waals surface area contributed by atoms with Crippen molar-refractivity contribution in [3.63, 3.8) is 0 Å². The molecule has 2 aliphatic carbocycles. The zero-order valence-electron chi connectivity index (χ0n) is 39.8. The van der Waals surface area contributed by atoms with Crippen molar-refractivity contribution in [2.75, 3.05) is 0 Å². The second-order valence-electron chi connectivity index (χ2n) is 18.4. The van der Waals surface area contributed by atoms with Crippen LogP contribution in [0.25, 0.3) is 22.6 Å². The number of nitrogens with one attached hydrogen (secondary N) is 2. The molecule has 2 aliphatic rings. The van der Waals surface area contributed by atoms with E-state index >= 15 is 0 Å². The summed E-state index contributed by atoms with van der Waals surface area (Å²) in [6.45, 7) is 37.7. The van der Waals surface area contributed by atoms with Crippen LogP contribution in [0.15, 0.2) is 146 Å². The van der Waals surface area contributed by atoms with Crippen molar-refractivity contribution in [3.8, 4) is 0 Å². The Morgan fingerprint density at radius 2 is 0.817 bits per heavy atom. The minimum atomic E-state index is -0.614. The number of benzene rings is 4. The average Bonchev–Trinajstić information content (AvgIpc) is 3.59. The van der Waals surface area contributed by atoms with Crippen molar-refractivity contribution < 1.29 is 43.4 Å². The topological polar surface area (TPSA) is 47.6 Å². The van der Waals surface area contributed by atoms with Gasteiger partial charge in [-0.05, 0) is 102 Å². The van der Waals surface area contributed by atoms with Gasteiger partial charge in [0.2, 0.25) is 0 Å². The van der Waals surface area contributed by atoms with Crippen molar-refractivity contribution in [1.29, 1.82) is 0 Å². The second kappa shape index (κ2) is 27.6. The van der Waals surface area contributed by atoms with Gasteiger partial charge in [0.1, 0.15) is 0 Å². The van der Waals surface area contributed by atoms with Crippen LogP contribution in [0.5, 0.6) is 0 Å². The van der Waals surface area contributed by atoms with E-state index in [9.17, 15) is 0 Å². The Kier molecular flexibility index (Phi) is 26.5. The fourth-order valence-electron chi connectivity index (χ4n) is 7.68. The van der Waals surface area contributed by atoms with E-state index in [1.807, 2.05) is 39.8 Å². The maximum absolute atomic E-state index is 8.39. The van der Waals surface area contributed by atoms with E-state index in [1.54, 1.807) is 34.4 Å². The molecule has 0 saturated heterocycles. The van der Waals surface area contributed by atoms with E-state index in [-0.39, 0.29) is 49.0 Å². The van der Waals surface area contributed by atoms with E-state index in [2.05, 4.69) is 178 Å². The summed E-state index contributed by atoms with van der Waals surface area (Å²) in [7, 11) is -1.23. The van der Waals surface area contributed by atoms with Crippen LogP contribution >= 0.6 is 0 Å². The minimum absolute atomic E-state index is 0. The van der Waals surface area contributed by atoms with Crippen molar-refractivity contribution in [1.82, 2.24) is 0 Å². The molecule has 0 aromatic heterocycles. The molecule has 6 rings (SSSR count). The molecule has 2 N–H and O–H groups in total. The van der Waals surface area contributed by atoms with Crippen molar-refractivity contribution in [2.45, 2.75) is 130 Å². The Morgan fingerprint density at radius 3 is 1.07 bits per heavy atom. The van der Waals surface area contributed by atoms with Crippen molar-refractivity contribution in [3.05, 3.63) is 190 Å². The fourth-order valence-corrected chi connectivity index (χ4v) is 12.2. The minimum Gasteiger partial charge on any atom is -0.672 e.